The van der Waals surface area contributed by atoms with Crippen LogP contribution < -0.4 is 19.5 Å². The normalized spacial score (nSPS) is 12.3. The van der Waals surface area contributed by atoms with E-state index in [0.29, 0.717) is 18.4 Å². The number of fused-ring (bicyclic) bond motifs is 1. The second kappa shape index (κ2) is 5.87. The third-order valence-corrected chi connectivity index (χ3v) is 2.99. The van der Waals surface area contributed by atoms with E-state index in [-0.39, 0.29) is 6.79 Å². The fraction of sp³-hybridized carbons (Fsp3) is 0.333. The summed E-state index contributed by atoms with van der Waals surface area (Å²) in [6.45, 7) is 5.37. The van der Waals surface area contributed by atoms with Crippen LogP contribution in [0.4, 0.5) is 5.95 Å². The Labute approximate surface area is 123 Å². The van der Waals surface area contributed by atoms with Gasteiger partial charge in [0, 0.05) is 18.3 Å². The molecule has 6 heteroatoms. The van der Waals surface area contributed by atoms with E-state index in [1.54, 1.807) is 0 Å². The molecule has 1 aliphatic heterocycles. The number of hydrogen-bond donors (Lipinski definition) is 1. The molecule has 0 unspecified atom stereocenters. The van der Waals surface area contributed by atoms with Crippen molar-refractivity contribution in [2.24, 2.45) is 0 Å². The Balaban J connectivity index is 1.69. The van der Waals surface area contributed by atoms with Gasteiger partial charge in [-0.15, -0.1) is 0 Å². The first-order chi connectivity index (χ1) is 10.2. The molecule has 0 aliphatic carbocycles. The molecule has 21 heavy (non-hydrogen) atoms. The maximum Gasteiger partial charge on any atom is 0.231 e. The summed E-state index contributed by atoms with van der Waals surface area (Å²) in [6.07, 6.45) is 0. The number of aryl methyl sites for hydroxylation is 1. The Bertz CT molecular complexity index is 646. The zero-order valence-corrected chi connectivity index (χ0v) is 12.0. The predicted molar refractivity (Wildman–Crippen MR) is 77.8 cm³/mol. The molecule has 0 fully saturated rings. The molecule has 1 aromatic heterocycles. The molecule has 1 aliphatic rings. The molecule has 110 valence electrons. The van der Waals surface area contributed by atoms with Crippen LogP contribution in [-0.2, 0) is 6.61 Å². The van der Waals surface area contributed by atoms with E-state index in [2.05, 4.69) is 15.3 Å². The second-order valence-electron chi connectivity index (χ2n) is 4.68. The lowest BCUT2D eigenvalue weighted by Crippen LogP contribution is -2.05. The van der Waals surface area contributed by atoms with Crippen molar-refractivity contribution in [1.82, 2.24) is 9.97 Å². The first-order valence-corrected chi connectivity index (χ1v) is 6.85. The topological polar surface area (TPSA) is 65.5 Å². The van der Waals surface area contributed by atoms with Crippen molar-refractivity contribution in [3.63, 3.8) is 0 Å². The third kappa shape index (κ3) is 3.16. The number of nitrogens with one attached hydrogen (secondary N) is 1. The number of ether oxygens (including phenoxy) is 3. The van der Waals surface area contributed by atoms with Crippen LogP contribution in [0.3, 0.4) is 0 Å². The van der Waals surface area contributed by atoms with E-state index >= 15 is 0 Å². The van der Waals surface area contributed by atoms with Crippen LogP contribution in [0.15, 0.2) is 24.3 Å². The van der Waals surface area contributed by atoms with E-state index in [9.17, 15) is 0 Å². The Morgan fingerprint density at radius 2 is 2.05 bits per heavy atom. The lowest BCUT2D eigenvalue weighted by Gasteiger charge is -2.09. The van der Waals surface area contributed by atoms with Crippen molar-refractivity contribution in [2.45, 2.75) is 20.5 Å². The number of rotatable bonds is 5. The second-order valence-corrected chi connectivity index (χ2v) is 4.68. The fourth-order valence-electron chi connectivity index (χ4n) is 2.04. The van der Waals surface area contributed by atoms with Gasteiger partial charge in [0.25, 0.3) is 0 Å². The number of hydrogen-bond acceptors (Lipinski definition) is 6. The molecule has 0 amide bonds. The first-order valence-electron chi connectivity index (χ1n) is 6.85. The summed E-state index contributed by atoms with van der Waals surface area (Å²) in [4.78, 5) is 8.60. The van der Waals surface area contributed by atoms with Crippen LogP contribution in [0.5, 0.6) is 17.4 Å². The fourth-order valence-corrected chi connectivity index (χ4v) is 2.04. The minimum atomic E-state index is 0.275. The highest BCUT2D eigenvalue weighted by Crippen LogP contribution is 2.32. The number of benzene rings is 1. The van der Waals surface area contributed by atoms with Crippen LogP contribution >= 0.6 is 0 Å². The molecular formula is C15H17N3O3. The monoisotopic (exact) mass is 287 g/mol. The standard InChI is InChI=1S/C15H17N3O3/c1-3-16-15-17-10(2)6-14(18-15)19-8-11-4-5-12-13(7-11)21-9-20-12/h4-7H,3,8-9H2,1-2H3,(H,16,17,18). The molecular weight excluding hydrogens is 270 g/mol. The smallest absolute Gasteiger partial charge is 0.231 e. The first kappa shape index (κ1) is 13.5. The van der Waals surface area contributed by atoms with Crippen molar-refractivity contribution >= 4 is 5.95 Å². The summed E-state index contributed by atoms with van der Waals surface area (Å²) in [5.74, 6) is 2.66. The van der Waals surface area contributed by atoms with Crippen molar-refractivity contribution in [1.29, 1.82) is 0 Å². The average Bonchev–Trinajstić information content (AvgIpc) is 2.92. The molecule has 1 N–H and O–H groups in total. The lowest BCUT2D eigenvalue weighted by atomic mass is 10.2. The molecule has 2 heterocycles. The highest BCUT2D eigenvalue weighted by Gasteiger charge is 2.13. The Morgan fingerprint density at radius 1 is 1.19 bits per heavy atom. The number of aromatic nitrogens is 2. The summed E-state index contributed by atoms with van der Waals surface area (Å²) in [7, 11) is 0. The van der Waals surface area contributed by atoms with E-state index in [1.165, 1.54) is 0 Å². The van der Waals surface area contributed by atoms with Gasteiger partial charge in [0.15, 0.2) is 11.5 Å². The molecule has 1 aromatic carbocycles. The van der Waals surface area contributed by atoms with Crippen LogP contribution in [0.25, 0.3) is 0 Å². The van der Waals surface area contributed by atoms with Gasteiger partial charge in [0.1, 0.15) is 6.61 Å². The van der Waals surface area contributed by atoms with Crippen molar-refractivity contribution in [3.05, 3.63) is 35.5 Å². The largest absolute Gasteiger partial charge is 0.473 e. The summed E-state index contributed by atoms with van der Waals surface area (Å²) < 4.78 is 16.4. The minimum Gasteiger partial charge on any atom is -0.473 e. The van der Waals surface area contributed by atoms with Gasteiger partial charge in [-0.05, 0) is 31.5 Å². The van der Waals surface area contributed by atoms with E-state index in [4.69, 9.17) is 14.2 Å². The number of anilines is 1. The van der Waals surface area contributed by atoms with Gasteiger partial charge >= 0.3 is 0 Å². The van der Waals surface area contributed by atoms with Gasteiger partial charge in [-0.25, -0.2) is 4.98 Å². The molecule has 0 bridgehead atoms. The Kier molecular flexibility index (Phi) is 3.77. The van der Waals surface area contributed by atoms with E-state index in [0.717, 1.165) is 29.3 Å². The molecule has 0 atom stereocenters. The highest BCUT2D eigenvalue weighted by atomic mass is 16.7. The van der Waals surface area contributed by atoms with Gasteiger partial charge in [-0.2, -0.15) is 4.98 Å². The summed E-state index contributed by atoms with van der Waals surface area (Å²) in [5.41, 5.74) is 1.86. The highest BCUT2D eigenvalue weighted by molar-refractivity contribution is 5.44. The van der Waals surface area contributed by atoms with Gasteiger partial charge < -0.3 is 19.5 Å². The van der Waals surface area contributed by atoms with Crippen LogP contribution in [0, 0.1) is 6.92 Å². The van der Waals surface area contributed by atoms with Crippen LogP contribution in [0.2, 0.25) is 0 Å². The molecule has 2 aromatic rings. The Hall–Kier alpha value is -2.50. The van der Waals surface area contributed by atoms with Gasteiger partial charge in [0.05, 0.1) is 0 Å². The van der Waals surface area contributed by atoms with E-state index < -0.39 is 0 Å². The summed E-state index contributed by atoms with van der Waals surface area (Å²) in [6, 6.07) is 7.57. The van der Waals surface area contributed by atoms with Crippen molar-refractivity contribution in [3.8, 4) is 17.4 Å². The molecule has 0 radical (unpaired) electrons. The predicted octanol–water partition coefficient (Wildman–Crippen LogP) is 2.52. The van der Waals surface area contributed by atoms with Crippen LogP contribution in [-0.4, -0.2) is 23.3 Å². The average molecular weight is 287 g/mol. The van der Waals surface area contributed by atoms with Crippen molar-refractivity contribution < 1.29 is 14.2 Å². The van der Waals surface area contributed by atoms with Crippen LogP contribution in [0.1, 0.15) is 18.2 Å². The van der Waals surface area contributed by atoms with Gasteiger partial charge in [0.2, 0.25) is 18.6 Å². The quantitative estimate of drug-likeness (QED) is 0.911. The zero-order chi connectivity index (χ0) is 14.7. The van der Waals surface area contributed by atoms with E-state index in [1.807, 2.05) is 38.1 Å². The zero-order valence-electron chi connectivity index (χ0n) is 12.0. The Morgan fingerprint density at radius 3 is 2.90 bits per heavy atom. The summed E-state index contributed by atoms with van der Waals surface area (Å²) in [5, 5.41) is 3.08. The van der Waals surface area contributed by atoms with Gasteiger partial charge in [-0.3, -0.25) is 0 Å². The maximum absolute atomic E-state index is 5.73. The SMILES string of the molecule is CCNc1nc(C)cc(OCc2ccc3c(c2)OCO3)n1. The van der Waals surface area contributed by atoms with Crippen molar-refractivity contribution in [2.75, 3.05) is 18.7 Å². The minimum absolute atomic E-state index is 0.275. The van der Waals surface area contributed by atoms with Gasteiger partial charge in [-0.1, -0.05) is 6.07 Å². The molecule has 0 saturated heterocycles. The molecule has 6 nitrogen and oxygen atoms in total. The lowest BCUT2D eigenvalue weighted by molar-refractivity contribution is 0.174. The molecule has 3 rings (SSSR count). The third-order valence-electron chi connectivity index (χ3n) is 2.99. The maximum atomic E-state index is 5.73. The summed E-state index contributed by atoms with van der Waals surface area (Å²) >= 11 is 0. The molecule has 0 spiro atoms. The molecule has 0 saturated carbocycles. The number of nitrogens with zero attached hydrogens (tertiary/aromatic N) is 2.